The van der Waals surface area contributed by atoms with Crippen LogP contribution in [0.25, 0.3) is 21.7 Å². The summed E-state index contributed by atoms with van der Waals surface area (Å²) in [6, 6.07) is 6.24. The second-order valence-electron chi connectivity index (χ2n) is 4.13. The highest BCUT2D eigenvalue weighted by atomic mass is 32.1. The molecule has 3 N–H and O–H groups in total. The van der Waals surface area contributed by atoms with E-state index in [0.717, 1.165) is 16.1 Å². The first-order valence-electron chi connectivity index (χ1n) is 5.93. The van der Waals surface area contributed by atoms with Crippen molar-refractivity contribution in [3.05, 3.63) is 36.0 Å². The largest absolute Gasteiger partial charge is 0.435 e. The Kier molecular flexibility index (Phi) is 3.53. The topological polar surface area (TPSA) is 76.8 Å². The number of rotatable bonds is 4. The molecule has 0 spiro atoms. The van der Waals surface area contributed by atoms with E-state index in [1.165, 1.54) is 23.5 Å². The number of nitrogens with one attached hydrogen (secondary N) is 1. The van der Waals surface area contributed by atoms with Crippen LogP contribution in [0, 0.1) is 0 Å². The number of nitrogens with two attached hydrogens (primary N) is 1. The minimum absolute atomic E-state index is 0.0927. The molecule has 0 amide bonds. The van der Waals surface area contributed by atoms with Gasteiger partial charge in [-0.2, -0.15) is 13.9 Å². The molecule has 0 aliphatic heterocycles. The molecule has 8 heteroatoms. The van der Waals surface area contributed by atoms with Crippen LogP contribution in [0.3, 0.4) is 0 Å². The highest BCUT2D eigenvalue weighted by Gasteiger charge is 2.16. The summed E-state index contributed by atoms with van der Waals surface area (Å²) < 4.78 is 28.6. The first-order chi connectivity index (χ1) is 10.1. The lowest BCUT2D eigenvalue weighted by molar-refractivity contribution is -0.0498. The molecule has 0 bridgehead atoms. The number of aromatic amines is 1. The summed E-state index contributed by atoms with van der Waals surface area (Å²) in [7, 11) is 0. The van der Waals surface area contributed by atoms with Crippen LogP contribution in [0.5, 0.6) is 5.75 Å². The van der Waals surface area contributed by atoms with Gasteiger partial charge in [-0.1, -0.05) is 12.1 Å². The lowest BCUT2D eigenvalue weighted by atomic mass is 10.0. The van der Waals surface area contributed by atoms with Gasteiger partial charge >= 0.3 is 6.61 Å². The molecule has 0 fully saturated rings. The number of hydrogen-bond donors (Lipinski definition) is 2. The molecule has 3 rings (SSSR count). The summed E-state index contributed by atoms with van der Waals surface area (Å²) in [6.07, 6.45) is 1.70. The molecule has 5 nitrogen and oxygen atoms in total. The Bertz CT molecular complexity index is 725. The Hall–Kier alpha value is -2.48. The van der Waals surface area contributed by atoms with E-state index in [1.807, 2.05) is 0 Å². The Morgan fingerprint density at radius 2 is 2.00 bits per heavy atom. The number of ether oxygens (including phenoxy) is 1. The Morgan fingerprint density at radius 1 is 1.24 bits per heavy atom. The van der Waals surface area contributed by atoms with Crippen LogP contribution >= 0.6 is 11.3 Å². The van der Waals surface area contributed by atoms with E-state index in [2.05, 4.69) is 19.9 Å². The zero-order valence-electron chi connectivity index (χ0n) is 10.6. The minimum Gasteiger partial charge on any atom is -0.435 e. The van der Waals surface area contributed by atoms with Crippen molar-refractivity contribution in [2.75, 3.05) is 5.73 Å². The number of H-pyrrole nitrogens is 1. The predicted octanol–water partition coefficient (Wildman–Crippen LogP) is 3.38. The fourth-order valence-corrected chi connectivity index (χ4v) is 2.59. The summed E-state index contributed by atoms with van der Waals surface area (Å²) in [4.78, 5) is 4.91. The molecule has 0 atom stereocenters. The average Bonchev–Trinajstić information content (AvgIpc) is 3.08. The highest BCUT2D eigenvalue weighted by Crippen LogP contribution is 2.36. The third-order valence-electron chi connectivity index (χ3n) is 2.84. The molecule has 2 heterocycles. The molecule has 2 aromatic heterocycles. The fourth-order valence-electron chi connectivity index (χ4n) is 1.97. The maximum absolute atomic E-state index is 12.1. The van der Waals surface area contributed by atoms with Crippen molar-refractivity contribution >= 4 is 17.2 Å². The summed E-state index contributed by atoms with van der Waals surface area (Å²) in [5.74, 6) is 0.427. The lowest BCUT2D eigenvalue weighted by Gasteiger charge is -2.06. The van der Waals surface area contributed by atoms with Crippen LogP contribution in [0.4, 0.5) is 14.6 Å². The number of hydrogen-bond acceptors (Lipinski definition) is 5. The summed E-state index contributed by atoms with van der Waals surface area (Å²) >= 11 is 1.45. The molecule has 108 valence electrons. The molecule has 0 aliphatic carbocycles. The number of thiazole rings is 1. The van der Waals surface area contributed by atoms with Crippen molar-refractivity contribution in [3.63, 3.8) is 0 Å². The van der Waals surface area contributed by atoms with Crippen molar-refractivity contribution in [2.45, 2.75) is 6.61 Å². The molecule has 0 saturated carbocycles. The number of alkyl halides is 2. The van der Waals surface area contributed by atoms with Crippen molar-refractivity contribution in [1.82, 2.24) is 15.2 Å². The van der Waals surface area contributed by atoms with Gasteiger partial charge in [0.05, 0.1) is 21.6 Å². The van der Waals surface area contributed by atoms with Crippen LogP contribution in [0.15, 0.2) is 36.0 Å². The maximum Gasteiger partial charge on any atom is 0.387 e. The van der Waals surface area contributed by atoms with E-state index in [9.17, 15) is 8.78 Å². The smallest absolute Gasteiger partial charge is 0.387 e. The van der Waals surface area contributed by atoms with Gasteiger partial charge < -0.3 is 10.5 Å². The van der Waals surface area contributed by atoms with Gasteiger partial charge in [-0.25, -0.2) is 0 Å². The third kappa shape index (κ3) is 2.70. The Morgan fingerprint density at radius 3 is 2.62 bits per heavy atom. The molecule has 0 unspecified atom stereocenters. The Labute approximate surface area is 122 Å². The van der Waals surface area contributed by atoms with Gasteiger partial charge in [0.2, 0.25) is 0 Å². The van der Waals surface area contributed by atoms with Crippen LogP contribution in [0.1, 0.15) is 0 Å². The SMILES string of the molecule is Nc1n[nH]c(-c2cncs2)c1-c1ccc(OC(F)F)cc1. The number of nitrogen functional groups attached to an aromatic ring is 1. The van der Waals surface area contributed by atoms with Gasteiger partial charge in [0.1, 0.15) is 5.75 Å². The van der Waals surface area contributed by atoms with Gasteiger partial charge in [-0.3, -0.25) is 10.1 Å². The molecule has 21 heavy (non-hydrogen) atoms. The molecular formula is C13H10F2N4OS. The third-order valence-corrected chi connectivity index (χ3v) is 3.63. The van der Waals surface area contributed by atoms with Crippen molar-refractivity contribution in [3.8, 4) is 27.4 Å². The van der Waals surface area contributed by atoms with Gasteiger partial charge in [0, 0.05) is 6.20 Å². The van der Waals surface area contributed by atoms with E-state index in [-0.39, 0.29) is 5.75 Å². The summed E-state index contributed by atoms with van der Waals surface area (Å²) in [6.45, 7) is -2.84. The predicted molar refractivity (Wildman–Crippen MR) is 76.2 cm³/mol. The fraction of sp³-hybridized carbons (Fsp3) is 0.0769. The monoisotopic (exact) mass is 308 g/mol. The van der Waals surface area contributed by atoms with Crippen molar-refractivity contribution in [1.29, 1.82) is 0 Å². The van der Waals surface area contributed by atoms with Gasteiger partial charge in [0.25, 0.3) is 0 Å². The quantitative estimate of drug-likeness (QED) is 0.774. The van der Waals surface area contributed by atoms with Crippen molar-refractivity contribution in [2.24, 2.45) is 0 Å². The van der Waals surface area contributed by atoms with E-state index >= 15 is 0 Å². The van der Waals surface area contributed by atoms with Gasteiger partial charge in [-0.15, -0.1) is 11.3 Å². The average molecular weight is 308 g/mol. The van der Waals surface area contributed by atoms with Crippen molar-refractivity contribution < 1.29 is 13.5 Å². The van der Waals surface area contributed by atoms with E-state index in [4.69, 9.17) is 5.73 Å². The molecule has 3 aromatic rings. The molecular weight excluding hydrogens is 298 g/mol. The van der Waals surface area contributed by atoms with Gasteiger partial charge in [0.15, 0.2) is 5.82 Å². The number of halogens is 2. The number of nitrogens with zero attached hydrogens (tertiary/aromatic N) is 2. The second kappa shape index (κ2) is 5.49. The van der Waals surface area contributed by atoms with Crippen LogP contribution in [-0.2, 0) is 0 Å². The maximum atomic E-state index is 12.1. The molecule has 0 radical (unpaired) electrons. The molecule has 0 saturated heterocycles. The van der Waals surface area contributed by atoms with Gasteiger partial charge in [-0.05, 0) is 17.7 Å². The van der Waals surface area contributed by atoms with Crippen LogP contribution < -0.4 is 10.5 Å². The molecule has 0 aliphatic rings. The standard InChI is InChI=1S/C13H10F2N4OS/c14-13(15)20-8-3-1-7(2-4-8)10-11(18-19-12(10)16)9-5-17-6-21-9/h1-6,13H,(H3,16,18,19). The Balaban J connectivity index is 1.99. The number of anilines is 1. The zero-order chi connectivity index (χ0) is 14.8. The zero-order valence-corrected chi connectivity index (χ0v) is 11.4. The normalized spacial score (nSPS) is 11.0. The lowest BCUT2D eigenvalue weighted by Crippen LogP contribution is -2.01. The first-order valence-corrected chi connectivity index (χ1v) is 6.81. The van der Waals surface area contributed by atoms with E-state index in [0.29, 0.717) is 11.4 Å². The summed E-state index contributed by atoms with van der Waals surface area (Å²) in [5, 5.41) is 6.87. The highest BCUT2D eigenvalue weighted by molar-refractivity contribution is 7.13. The van der Waals surface area contributed by atoms with E-state index < -0.39 is 6.61 Å². The van der Waals surface area contributed by atoms with E-state index in [1.54, 1.807) is 23.8 Å². The van der Waals surface area contributed by atoms with Crippen LogP contribution in [-0.4, -0.2) is 21.8 Å². The summed E-state index contributed by atoms with van der Waals surface area (Å²) in [5.41, 5.74) is 9.81. The number of aromatic nitrogens is 3. The first kappa shape index (κ1) is 13.5. The number of benzene rings is 1. The molecule has 1 aromatic carbocycles. The minimum atomic E-state index is -2.84. The second-order valence-corrected chi connectivity index (χ2v) is 5.01. The van der Waals surface area contributed by atoms with Crippen LogP contribution in [0.2, 0.25) is 0 Å².